The molecular formula is C26H34N4O3. The molecule has 1 fully saturated rings. The van der Waals surface area contributed by atoms with Crippen molar-refractivity contribution in [2.75, 3.05) is 46.4 Å². The van der Waals surface area contributed by atoms with Gasteiger partial charge in [-0.1, -0.05) is 19.1 Å². The zero-order valence-corrected chi connectivity index (χ0v) is 19.7. The molecule has 1 unspecified atom stereocenters. The number of nitrogens with zero attached hydrogens (tertiary/aromatic N) is 4. The normalized spacial score (nSPS) is 19.3. The molecule has 176 valence electrons. The summed E-state index contributed by atoms with van der Waals surface area (Å²) in [5.74, 6) is 1.67. The van der Waals surface area contributed by atoms with E-state index in [4.69, 9.17) is 9.47 Å². The van der Waals surface area contributed by atoms with Gasteiger partial charge in [-0.15, -0.1) is 0 Å². The standard InChI is InChI=1S/C26H34N4O3/c1-3-16-33-24-17-21(7-8-23(24)26-27-11-5-12-28-26)20-9-14-30(15-10-20)25(31)19-29-13-4-6-22(18-29)32-2/h5,7-9,11-12,17,22H,3-4,6,10,13-16,18-19H2,1-2H3. The molecule has 1 aromatic heterocycles. The van der Waals surface area contributed by atoms with Crippen LogP contribution in [0.5, 0.6) is 5.75 Å². The molecule has 3 heterocycles. The maximum absolute atomic E-state index is 12.9. The van der Waals surface area contributed by atoms with Crippen molar-refractivity contribution >= 4 is 11.5 Å². The number of hydrogen-bond donors (Lipinski definition) is 0. The van der Waals surface area contributed by atoms with E-state index in [1.54, 1.807) is 19.5 Å². The SMILES string of the molecule is CCCOc1cc(C2=CCN(C(=O)CN3CCCC(OC)C3)CC2)ccc1-c1ncccn1. The second-order valence-electron chi connectivity index (χ2n) is 8.69. The minimum Gasteiger partial charge on any atom is -0.493 e. The van der Waals surface area contributed by atoms with Crippen LogP contribution in [0.25, 0.3) is 17.0 Å². The van der Waals surface area contributed by atoms with Crippen molar-refractivity contribution in [1.29, 1.82) is 0 Å². The Morgan fingerprint density at radius 3 is 2.79 bits per heavy atom. The van der Waals surface area contributed by atoms with E-state index in [-0.39, 0.29) is 12.0 Å². The van der Waals surface area contributed by atoms with Crippen molar-refractivity contribution in [1.82, 2.24) is 19.8 Å². The van der Waals surface area contributed by atoms with Gasteiger partial charge in [0.25, 0.3) is 0 Å². The van der Waals surface area contributed by atoms with Gasteiger partial charge in [0.05, 0.1) is 24.8 Å². The zero-order chi connectivity index (χ0) is 23.0. The van der Waals surface area contributed by atoms with E-state index in [9.17, 15) is 4.79 Å². The maximum atomic E-state index is 12.9. The molecule has 0 saturated carbocycles. The number of carbonyl (C=O) groups is 1. The summed E-state index contributed by atoms with van der Waals surface area (Å²) in [5, 5.41) is 0. The van der Waals surface area contributed by atoms with Gasteiger partial charge in [-0.05, 0) is 61.6 Å². The monoisotopic (exact) mass is 450 g/mol. The lowest BCUT2D eigenvalue weighted by atomic mass is 9.97. The Bertz CT molecular complexity index is 963. The third kappa shape index (κ3) is 5.97. The first-order valence-corrected chi connectivity index (χ1v) is 11.9. The maximum Gasteiger partial charge on any atom is 0.237 e. The Kier molecular flexibility index (Phi) is 8.07. The first-order chi connectivity index (χ1) is 16.2. The lowest BCUT2D eigenvalue weighted by molar-refractivity contribution is -0.132. The molecule has 33 heavy (non-hydrogen) atoms. The van der Waals surface area contributed by atoms with Crippen LogP contribution in [0.4, 0.5) is 0 Å². The van der Waals surface area contributed by atoms with E-state index in [0.717, 1.165) is 62.2 Å². The highest BCUT2D eigenvalue weighted by Crippen LogP contribution is 2.33. The Labute approximate surface area is 196 Å². The van der Waals surface area contributed by atoms with Crippen LogP contribution in [-0.4, -0.2) is 78.2 Å². The summed E-state index contributed by atoms with van der Waals surface area (Å²) >= 11 is 0. The average molecular weight is 451 g/mol. The first-order valence-electron chi connectivity index (χ1n) is 11.9. The third-order valence-corrected chi connectivity index (χ3v) is 6.34. The fourth-order valence-electron chi connectivity index (χ4n) is 4.47. The molecule has 0 N–H and O–H groups in total. The van der Waals surface area contributed by atoms with Crippen LogP contribution in [0, 0.1) is 0 Å². The quantitative estimate of drug-likeness (QED) is 0.612. The average Bonchev–Trinajstić information content (AvgIpc) is 2.88. The molecule has 0 aliphatic carbocycles. The Morgan fingerprint density at radius 1 is 1.21 bits per heavy atom. The Balaban J connectivity index is 1.43. The summed E-state index contributed by atoms with van der Waals surface area (Å²) < 4.78 is 11.5. The van der Waals surface area contributed by atoms with Crippen LogP contribution in [0.1, 0.15) is 38.2 Å². The van der Waals surface area contributed by atoms with Crippen molar-refractivity contribution in [3.63, 3.8) is 0 Å². The number of methoxy groups -OCH3 is 1. The first kappa shape index (κ1) is 23.4. The molecule has 4 rings (SSSR count). The van der Waals surface area contributed by atoms with Gasteiger partial charge in [-0.2, -0.15) is 0 Å². The molecule has 7 nitrogen and oxygen atoms in total. The van der Waals surface area contributed by atoms with Gasteiger partial charge < -0.3 is 14.4 Å². The molecule has 1 aromatic carbocycles. The van der Waals surface area contributed by atoms with Crippen LogP contribution in [0.15, 0.2) is 42.7 Å². The summed E-state index contributed by atoms with van der Waals surface area (Å²) in [6, 6.07) is 8.04. The van der Waals surface area contributed by atoms with Gasteiger partial charge in [0.2, 0.25) is 5.91 Å². The van der Waals surface area contributed by atoms with Crippen LogP contribution >= 0.6 is 0 Å². The van der Waals surface area contributed by atoms with E-state index in [1.807, 2.05) is 17.0 Å². The molecule has 2 aromatic rings. The molecule has 7 heteroatoms. The largest absolute Gasteiger partial charge is 0.493 e. The van der Waals surface area contributed by atoms with Gasteiger partial charge in [-0.3, -0.25) is 9.69 Å². The van der Waals surface area contributed by atoms with E-state index < -0.39 is 0 Å². The van der Waals surface area contributed by atoms with E-state index in [1.165, 1.54) is 5.57 Å². The molecule has 2 aliphatic heterocycles. The number of rotatable bonds is 8. The fourth-order valence-corrected chi connectivity index (χ4v) is 4.47. The molecule has 1 atom stereocenters. The topological polar surface area (TPSA) is 67.8 Å². The Hall–Kier alpha value is -2.77. The van der Waals surface area contributed by atoms with Crippen molar-refractivity contribution < 1.29 is 14.3 Å². The molecule has 0 spiro atoms. The van der Waals surface area contributed by atoms with Crippen LogP contribution in [-0.2, 0) is 9.53 Å². The highest BCUT2D eigenvalue weighted by Gasteiger charge is 2.25. The van der Waals surface area contributed by atoms with Gasteiger partial charge >= 0.3 is 0 Å². The number of carbonyl (C=O) groups excluding carboxylic acids is 1. The molecular weight excluding hydrogens is 416 g/mol. The number of likely N-dealkylation sites (tertiary alicyclic amines) is 1. The number of ether oxygens (including phenoxy) is 2. The number of benzene rings is 1. The van der Waals surface area contributed by atoms with Crippen LogP contribution in [0.3, 0.4) is 0 Å². The number of aromatic nitrogens is 2. The van der Waals surface area contributed by atoms with Gasteiger partial charge in [-0.25, -0.2) is 9.97 Å². The smallest absolute Gasteiger partial charge is 0.237 e. The molecule has 1 saturated heterocycles. The molecule has 0 radical (unpaired) electrons. The Morgan fingerprint density at radius 2 is 2.06 bits per heavy atom. The summed E-state index contributed by atoms with van der Waals surface area (Å²) in [5.41, 5.74) is 3.28. The van der Waals surface area contributed by atoms with E-state index >= 15 is 0 Å². The van der Waals surface area contributed by atoms with Gasteiger partial charge in [0.15, 0.2) is 5.82 Å². The number of amides is 1. The predicted molar refractivity (Wildman–Crippen MR) is 129 cm³/mol. The lowest BCUT2D eigenvalue weighted by Crippen LogP contribution is -2.46. The van der Waals surface area contributed by atoms with Gasteiger partial charge in [0.1, 0.15) is 5.75 Å². The second-order valence-corrected chi connectivity index (χ2v) is 8.69. The van der Waals surface area contributed by atoms with E-state index in [2.05, 4.69) is 40.0 Å². The third-order valence-electron chi connectivity index (χ3n) is 6.34. The van der Waals surface area contributed by atoms with Gasteiger partial charge in [0, 0.05) is 39.1 Å². The predicted octanol–water partition coefficient (Wildman–Crippen LogP) is 3.66. The summed E-state index contributed by atoms with van der Waals surface area (Å²) in [7, 11) is 1.76. The second kappa shape index (κ2) is 11.4. The van der Waals surface area contributed by atoms with Crippen LogP contribution < -0.4 is 4.74 Å². The minimum absolute atomic E-state index is 0.200. The lowest BCUT2D eigenvalue weighted by Gasteiger charge is -2.34. The highest BCUT2D eigenvalue weighted by atomic mass is 16.5. The minimum atomic E-state index is 0.200. The van der Waals surface area contributed by atoms with Crippen molar-refractivity contribution in [3.05, 3.63) is 48.3 Å². The molecule has 2 aliphatic rings. The van der Waals surface area contributed by atoms with Crippen molar-refractivity contribution in [2.24, 2.45) is 0 Å². The molecule has 1 amide bonds. The summed E-state index contributed by atoms with van der Waals surface area (Å²) in [6.07, 6.45) is 9.84. The summed E-state index contributed by atoms with van der Waals surface area (Å²) in [6.45, 7) is 6.41. The number of hydrogen-bond acceptors (Lipinski definition) is 6. The summed E-state index contributed by atoms with van der Waals surface area (Å²) in [4.78, 5) is 25.8. The van der Waals surface area contributed by atoms with Crippen LogP contribution in [0.2, 0.25) is 0 Å². The van der Waals surface area contributed by atoms with Crippen molar-refractivity contribution in [2.45, 2.75) is 38.7 Å². The zero-order valence-electron chi connectivity index (χ0n) is 19.7. The van der Waals surface area contributed by atoms with E-state index in [0.29, 0.717) is 25.5 Å². The highest BCUT2D eigenvalue weighted by molar-refractivity contribution is 5.80. The molecule has 0 bridgehead atoms. The fraction of sp³-hybridized carbons (Fsp3) is 0.500. The number of piperidine rings is 1. The van der Waals surface area contributed by atoms with Crippen molar-refractivity contribution in [3.8, 4) is 17.1 Å².